The maximum absolute atomic E-state index is 10.8. The van der Waals surface area contributed by atoms with E-state index in [1.54, 1.807) is 0 Å². The van der Waals surface area contributed by atoms with Gasteiger partial charge >= 0.3 is 5.97 Å². The number of benzene rings is 2. The summed E-state index contributed by atoms with van der Waals surface area (Å²) in [6.45, 7) is 6.37. The molecule has 0 saturated carbocycles. The van der Waals surface area contributed by atoms with Gasteiger partial charge in [-0.15, -0.1) is 0 Å². The van der Waals surface area contributed by atoms with Gasteiger partial charge in [-0.3, -0.25) is 4.79 Å². The van der Waals surface area contributed by atoms with Crippen molar-refractivity contribution in [2.45, 2.75) is 40.2 Å². The molecule has 3 aromatic rings. The summed E-state index contributed by atoms with van der Waals surface area (Å²) < 4.78 is 10.4. The molecule has 146 valence electrons. The third-order valence-electron chi connectivity index (χ3n) is 4.88. The van der Waals surface area contributed by atoms with Crippen LogP contribution >= 0.6 is 23.1 Å². The Labute approximate surface area is 173 Å². The van der Waals surface area contributed by atoms with E-state index in [9.17, 15) is 4.79 Å². The van der Waals surface area contributed by atoms with Crippen molar-refractivity contribution in [1.29, 1.82) is 0 Å². The zero-order valence-electron chi connectivity index (χ0n) is 16.1. The Balaban J connectivity index is 1.79. The van der Waals surface area contributed by atoms with E-state index in [0.29, 0.717) is 18.2 Å². The van der Waals surface area contributed by atoms with Gasteiger partial charge in [-0.05, 0) is 67.0 Å². The van der Waals surface area contributed by atoms with Gasteiger partial charge in [0.1, 0.15) is 17.5 Å². The molecule has 1 heterocycles. The molecule has 0 amide bonds. The fourth-order valence-electron chi connectivity index (χ4n) is 3.02. The normalized spacial score (nSPS) is 10.9. The van der Waals surface area contributed by atoms with Gasteiger partial charge in [-0.2, -0.15) is 4.37 Å². The smallest absolute Gasteiger partial charge is 0.303 e. The second-order valence-electron chi connectivity index (χ2n) is 6.80. The average molecular weight is 416 g/mol. The predicted molar refractivity (Wildman–Crippen MR) is 114 cm³/mol. The molecule has 6 heteroatoms. The first-order chi connectivity index (χ1) is 13.4. The number of rotatable bonds is 7. The van der Waals surface area contributed by atoms with Crippen molar-refractivity contribution in [2.75, 3.05) is 0 Å². The fraction of sp³-hybridized carbons (Fsp3) is 0.273. The summed E-state index contributed by atoms with van der Waals surface area (Å²) in [5.74, 6) is -0.0192. The van der Waals surface area contributed by atoms with Crippen LogP contribution in [0.2, 0.25) is 5.15 Å². The molecule has 2 aromatic carbocycles. The van der Waals surface area contributed by atoms with Crippen LogP contribution in [0.15, 0.2) is 36.4 Å². The number of aliphatic carboxylic acids is 1. The Morgan fingerprint density at radius 2 is 1.82 bits per heavy atom. The van der Waals surface area contributed by atoms with E-state index >= 15 is 0 Å². The van der Waals surface area contributed by atoms with Crippen molar-refractivity contribution in [3.63, 3.8) is 0 Å². The Kier molecular flexibility index (Phi) is 6.37. The summed E-state index contributed by atoms with van der Waals surface area (Å²) in [4.78, 5) is 11.8. The van der Waals surface area contributed by atoms with E-state index in [0.717, 1.165) is 38.4 Å². The molecule has 1 aromatic heterocycles. The molecule has 0 radical (unpaired) electrons. The number of aromatic nitrogens is 1. The summed E-state index contributed by atoms with van der Waals surface area (Å²) in [6.07, 6.45) is 0.636. The molecule has 0 aliphatic rings. The Bertz CT molecular complexity index is 996. The topological polar surface area (TPSA) is 59.4 Å². The minimum absolute atomic E-state index is 0.122. The number of nitrogens with zero attached hydrogens (tertiary/aromatic N) is 1. The number of carboxylic acids is 1. The first-order valence-electron chi connectivity index (χ1n) is 9.01. The van der Waals surface area contributed by atoms with Crippen molar-refractivity contribution >= 4 is 29.1 Å². The molecule has 3 rings (SSSR count). The molecule has 0 spiro atoms. The first-order valence-corrected chi connectivity index (χ1v) is 10.2. The quantitative estimate of drug-likeness (QED) is 0.515. The number of carboxylic acid groups (broad SMARTS) is 1. The van der Waals surface area contributed by atoms with Crippen LogP contribution in [-0.4, -0.2) is 15.4 Å². The van der Waals surface area contributed by atoms with Crippen LogP contribution in [0.1, 0.15) is 34.2 Å². The number of carbonyl (C=O) groups is 1. The Morgan fingerprint density at radius 1 is 1.11 bits per heavy atom. The van der Waals surface area contributed by atoms with Crippen molar-refractivity contribution in [3.05, 3.63) is 69.4 Å². The lowest BCUT2D eigenvalue weighted by Crippen LogP contribution is -2.03. The van der Waals surface area contributed by atoms with Gasteiger partial charge in [0.25, 0.3) is 0 Å². The van der Waals surface area contributed by atoms with Crippen LogP contribution < -0.4 is 4.74 Å². The molecule has 0 bridgehead atoms. The van der Waals surface area contributed by atoms with Crippen LogP contribution in [0.5, 0.6) is 5.75 Å². The highest BCUT2D eigenvalue weighted by atomic mass is 35.5. The average Bonchev–Trinajstić information content (AvgIpc) is 3.03. The van der Waals surface area contributed by atoms with Gasteiger partial charge < -0.3 is 9.84 Å². The van der Waals surface area contributed by atoms with Crippen LogP contribution in [0.25, 0.3) is 10.4 Å². The van der Waals surface area contributed by atoms with Crippen molar-refractivity contribution in [2.24, 2.45) is 0 Å². The largest absolute Gasteiger partial charge is 0.488 e. The van der Waals surface area contributed by atoms with Gasteiger partial charge in [0, 0.05) is 12.0 Å². The zero-order chi connectivity index (χ0) is 20.3. The highest BCUT2D eigenvalue weighted by Crippen LogP contribution is 2.35. The minimum atomic E-state index is -0.791. The molecular weight excluding hydrogens is 394 g/mol. The van der Waals surface area contributed by atoms with Gasteiger partial charge in [0.2, 0.25) is 0 Å². The summed E-state index contributed by atoms with van der Waals surface area (Å²) in [5.41, 5.74) is 6.26. The molecule has 0 atom stereocenters. The molecule has 0 aliphatic heterocycles. The number of hydrogen-bond donors (Lipinski definition) is 1. The van der Waals surface area contributed by atoms with Crippen LogP contribution in [0.3, 0.4) is 0 Å². The summed E-state index contributed by atoms with van der Waals surface area (Å²) in [7, 11) is 0. The minimum Gasteiger partial charge on any atom is -0.488 e. The van der Waals surface area contributed by atoms with Crippen LogP contribution in [0, 0.1) is 20.8 Å². The second-order valence-corrected chi connectivity index (χ2v) is 7.93. The number of halogens is 1. The summed E-state index contributed by atoms with van der Waals surface area (Å²) in [6, 6.07) is 12.1. The third kappa shape index (κ3) is 4.54. The molecular formula is C22H22ClNO3S. The highest BCUT2D eigenvalue weighted by Gasteiger charge is 2.16. The van der Waals surface area contributed by atoms with Gasteiger partial charge in [0.05, 0.1) is 4.88 Å². The lowest BCUT2D eigenvalue weighted by atomic mass is 9.99. The zero-order valence-corrected chi connectivity index (χ0v) is 17.7. The van der Waals surface area contributed by atoms with E-state index in [4.69, 9.17) is 21.4 Å². The fourth-order valence-corrected chi connectivity index (χ4v) is 4.11. The molecule has 0 saturated heterocycles. The molecule has 0 fully saturated rings. The lowest BCUT2D eigenvalue weighted by molar-refractivity contribution is -0.136. The van der Waals surface area contributed by atoms with E-state index < -0.39 is 5.97 Å². The SMILES string of the molecule is Cc1ccc(-c2snc(Cl)c2COc2ccc(CCC(=O)O)c(C)c2C)cc1. The standard InChI is InChI=1S/C22H22ClNO3S/c1-13-4-6-17(7-5-13)21-18(22(23)24-28-21)12-27-19-10-8-16(9-11-20(25)26)14(2)15(19)3/h4-8,10H,9,11-12H2,1-3H3,(H,25,26). The number of hydrogen-bond acceptors (Lipinski definition) is 4. The van der Waals surface area contributed by atoms with Gasteiger partial charge in [-0.25, -0.2) is 0 Å². The monoisotopic (exact) mass is 415 g/mol. The highest BCUT2D eigenvalue weighted by molar-refractivity contribution is 7.10. The summed E-state index contributed by atoms with van der Waals surface area (Å²) >= 11 is 7.70. The third-order valence-corrected chi connectivity index (χ3v) is 6.24. The first kappa shape index (κ1) is 20.4. The Hall–Kier alpha value is -2.37. The molecule has 1 N–H and O–H groups in total. The van der Waals surface area contributed by atoms with E-state index in [-0.39, 0.29) is 6.42 Å². The van der Waals surface area contributed by atoms with E-state index in [2.05, 4.69) is 35.6 Å². The lowest BCUT2D eigenvalue weighted by Gasteiger charge is -2.14. The van der Waals surface area contributed by atoms with Crippen molar-refractivity contribution < 1.29 is 14.6 Å². The predicted octanol–water partition coefficient (Wildman–Crippen LogP) is 5.98. The number of ether oxygens (including phenoxy) is 1. The van der Waals surface area contributed by atoms with E-state index in [1.165, 1.54) is 17.1 Å². The molecule has 0 unspecified atom stereocenters. The maximum Gasteiger partial charge on any atom is 0.303 e. The van der Waals surface area contributed by atoms with Crippen LogP contribution in [-0.2, 0) is 17.8 Å². The molecule has 0 aliphatic carbocycles. The van der Waals surface area contributed by atoms with Crippen molar-refractivity contribution in [3.8, 4) is 16.2 Å². The van der Waals surface area contributed by atoms with Gasteiger partial charge in [0.15, 0.2) is 0 Å². The van der Waals surface area contributed by atoms with Crippen LogP contribution in [0.4, 0.5) is 0 Å². The van der Waals surface area contributed by atoms with Gasteiger partial charge in [-0.1, -0.05) is 47.5 Å². The summed E-state index contributed by atoms with van der Waals surface area (Å²) in [5, 5.41) is 9.36. The number of aryl methyl sites for hydroxylation is 2. The second kappa shape index (κ2) is 8.76. The maximum atomic E-state index is 10.8. The molecule has 28 heavy (non-hydrogen) atoms. The Morgan fingerprint density at radius 3 is 2.50 bits per heavy atom. The van der Waals surface area contributed by atoms with Crippen molar-refractivity contribution in [1.82, 2.24) is 4.37 Å². The van der Waals surface area contributed by atoms with E-state index in [1.807, 2.05) is 26.0 Å². The molecule has 4 nitrogen and oxygen atoms in total.